The van der Waals surface area contributed by atoms with Gasteiger partial charge >= 0.3 is 0 Å². The molecule has 6 heteroatoms. The van der Waals surface area contributed by atoms with Crippen LogP contribution in [0.15, 0.2) is 47.2 Å². The average molecular weight is 296 g/mol. The van der Waals surface area contributed by atoms with Crippen LogP contribution in [-0.4, -0.2) is 25.0 Å². The second-order valence-corrected chi connectivity index (χ2v) is 5.61. The lowest BCUT2D eigenvalue weighted by atomic mass is 10.1. The predicted octanol–water partition coefficient (Wildman–Crippen LogP) is 2.27. The van der Waals surface area contributed by atoms with Gasteiger partial charge in [-0.1, -0.05) is 35.5 Å². The van der Waals surface area contributed by atoms with Crippen LogP contribution < -0.4 is 0 Å². The molecule has 0 aliphatic heterocycles. The Labute approximate surface area is 127 Å². The van der Waals surface area contributed by atoms with Crippen LogP contribution in [0.2, 0.25) is 0 Å². The van der Waals surface area contributed by atoms with Crippen LogP contribution in [0.5, 0.6) is 0 Å². The van der Waals surface area contributed by atoms with Crippen molar-refractivity contribution >= 4 is 0 Å². The van der Waals surface area contributed by atoms with Crippen molar-refractivity contribution in [2.24, 2.45) is 0 Å². The van der Waals surface area contributed by atoms with Crippen molar-refractivity contribution in [1.82, 2.24) is 19.9 Å². The van der Waals surface area contributed by atoms with E-state index in [9.17, 15) is 5.11 Å². The third-order valence-electron chi connectivity index (χ3n) is 3.80. The zero-order valence-corrected chi connectivity index (χ0v) is 12.0. The first-order valence-electron chi connectivity index (χ1n) is 7.37. The third-order valence-corrected chi connectivity index (χ3v) is 3.80. The number of aliphatic hydroxyl groups excluding tert-OH is 1. The zero-order chi connectivity index (χ0) is 14.9. The Morgan fingerprint density at radius 1 is 1.23 bits per heavy atom. The van der Waals surface area contributed by atoms with E-state index in [0.717, 1.165) is 29.9 Å². The minimum Gasteiger partial charge on any atom is -0.384 e. The van der Waals surface area contributed by atoms with Crippen LogP contribution >= 0.6 is 0 Å². The molecule has 22 heavy (non-hydrogen) atoms. The maximum absolute atomic E-state index is 10.4. The van der Waals surface area contributed by atoms with Crippen LogP contribution in [-0.2, 0) is 6.54 Å². The van der Waals surface area contributed by atoms with E-state index in [1.165, 1.54) is 0 Å². The number of hydrogen-bond donors (Lipinski definition) is 1. The number of aliphatic hydroxyl groups is 1. The molecular weight excluding hydrogens is 280 g/mol. The summed E-state index contributed by atoms with van der Waals surface area (Å²) in [5, 5.41) is 18.6. The van der Waals surface area contributed by atoms with Crippen molar-refractivity contribution in [2.45, 2.75) is 31.4 Å². The summed E-state index contributed by atoms with van der Waals surface area (Å²) in [5.74, 6) is 1.80. The second kappa shape index (κ2) is 5.38. The Kier molecular flexibility index (Phi) is 3.23. The lowest BCUT2D eigenvalue weighted by molar-refractivity contribution is 0.220. The van der Waals surface area contributed by atoms with E-state index >= 15 is 0 Å². The van der Waals surface area contributed by atoms with Crippen LogP contribution in [0, 0.1) is 0 Å². The maximum atomic E-state index is 10.4. The highest BCUT2D eigenvalue weighted by atomic mass is 16.5. The molecule has 0 bridgehead atoms. The van der Waals surface area contributed by atoms with E-state index in [2.05, 4.69) is 15.2 Å². The van der Waals surface area contributed by atoms with Gasteiger partial charge < -0.3 is 9.63 Å². The number of aromatic nitrogens is 4. The van der Waals surface area contributed by atoms with E-state index < -0.39 is 6.10 Å². The monoisotopic (exact) mass is 296 g/mol. The highest BCUT2D eigenvalue weighted by molar-refractivity contribution is 5.26. The SMILES string of the molecule is OC(c1ccccc1)c1cnn(Cc2noc(C3CC3)n2)c1. The Morgan fingerprint density at radius 3 is 2.82 bits per heavy atom. The number of rotatable bonds is 5. The van der Waals surface area contributed by atoms with Gasteiger partial charge in [0.2, 0.25) is 5.89 Å². The quantitative estimate of drug-likeness (QED) is 0.781. The van der Waals surface area contributed by atoms with Gasteiger partial charge in [-0.25, -0.2) is 0 Å². The van der Waals surface area contributed by atoms with Crippen molar-refractivity contribution in [2.75, 3.05) is 0 Å². The van der Waals surface area contributed by atoms with E-state index in [4.69, 9.17) is 4.52 Å². The van der Waals surface area contributed by atoms with E-state index in [1.807, 2.05) is 36.5 Å². The van der Waals surface area contributed by atoms with Gasteiger partial charge in [-0.3, -0.25) is 4.68 Å². The zero-order valence-electron chi connectivity index (χ0n) is 12.0. The molecule has 112 valence electrons. The van der Waals surface area contributed by atoms with Gasteiger partial charge in [-0.05, 0) is 18.4 Å². The molecule has 1 unspecified atom stereocenters. The summed E-state index contributed by atoms with van der Waals surface area (Å²) in [4.78, 5) is 4.38. The standard InChI is InChI=1S/C16H16N4O2/c21-15(11-4-2-1-3-5-11)13-8-17-20(9-13)10-14-18-16(22-19-14)12-6-7-12/h1-5,8-9,12,15,21H,6-7,10H2. The smallest absolute Gasteiger partial charge is 0.229 e. The van der Waals surface area contributed by atoms with Crippen molar-refractivity contribution in [3.05, 3.63) is 65.6 Å². The molecule has 1 aliphatic rings. The summed E-state index contributed by atoms with van der Waals surface area (Å²) < 4.78 is 6.94. The Hall–Kier alpha value is -2.47. The predicted molar refractivity (Wildman–Crippen MR) is 78.1 cm³/mol. The van der Waals surface area contributed by atoms with Crippen molar-refractivity contribution in [1.29, 1.82) is 0 Å². The Bertz CT molecular complexity index is 761. The minimum absolute atomic E-state index is 0.442. The maximum Gasteiger partial charge on any atom is 0.229 e. The summed E-state index contributed by atoms with van der Waals surface area (Å²) in [7, 11) is 0. The number of benzene rings is 1. The normalized spacial score (nSPS) is 15.9. The van der Waals surface area contributed by atoms with Crippen LogP contribution in [0.4, 0.5) is 0 Å². The van der Waals surface area contributed by atoms with Crippen molar-refractivity contribution in [3.8, 4) is 0 Å². The van der Waals surface area contributed by atoms with Gasteiger partial charge in [-0.15, -0.1) is 0 Å². The fraction of sp³-hybridized carbons (Fsp3) is 0.312. The molecule has 6 nitrogen and oxygen atoms in total. The Morgan fingerprint density at radius 2 is 2.05 bits per heavy atom. The van der Waals surface area contributed by atoms with Crippen molar-refractivity contribution in [3.63, 3.8) is 0 Å². The molecule has 1 fully saturated rings. The first kappa shape index (κ1) is 13.2. The lowest BCUT2D eigenvalue weighted by Gasteiger charge is -2.07. The molecule has 2 aromatic heterocycles. The molecule has 1 atom stereocenters. The van der Waals surface area contributed by atoms with Gasteiger partial charge in [0, 0.05) is 17.7 Å². The molecule has 2 heterocycles. The highest BCUT2D eigenvalue weighted by Gasteiger charge is 2.29. The van der Waals surface area contributed by atoms with Crippen LogP contribution in [0.3, 0.4) is 0 Å². The first-order chi connectivity index (χ1) is 10.8. The van der Waals surface area contributed by atoms with Gasteiger partial charge in [0.05, 0.1) is 6.20 Å². The molecule has 1 saturated carbocycles. The van der Waals surface area contributed by atoms with Gasteiger partial charge in [0.1, 0.15) is 12.6 Å². The fourth-order valence-corrected chi connectivity index (χ4v) is 2.41. The first-order valence-corrected chi connectivity index (χ1v) is 7.37. The highest BCUT2D eigenvalue weighted by Crippen LogP contribution is 2.38. The number of nitrogens with zero attached hydrogens (tertiary/aromatic N) is 4. The molecule has 1 aliphatic carbocycles. The molecule has 1 N–H and O–H groups in total. The summed E-state index contributed by atoms with van der Waals surface area (Å²) in [5.41, 5.74) is 1.59. The average Bonchev–Trinajstić information content (AvgIpc) is 3.13. The van der Waals surface area contributed by atoms with Gasteiger partial charge in [0.25, 0.3) is 0 Å². The molecule has 0 radical (unpaired) electrons. The molecule has 0 saturated heterocycles. The summed E-state index contributed by atoms with van der Waals surface area (Å²) in [6, 6.07) is 9.52. The van der Waals surface area contributed by atoms with E-state index in [0.29, 0.717) is 18.3 Å². The van der Waals surface area contributed by atoms with Gasteiger partial charge in [-0.2, -0.15) is 10.1 Å². The molecule has 0 spiro atoms. The lowest BCUT2D eigenvalue weighted by Crippen LogP contribution is -2.02. The second-order valence-electron chi connectivity index (χ2n) is 5.61. The molecule has 3 aromatic rings. The largest absolute Gasteiger partial charge is 0.384 e. The van der Waals surface area contributed by atoms with E-state index in [-0.39, 0.29) is 0 Å². The molecule has 0 amide bonds. The molecule has 4 rings (SSSR count). The fourth-order valence-electron chi connectivity index (χ4n) is 2.41. The topological polar surface area (TPSA) is 77.0 Å². The van der Waals surface area contributed by atoms with Crippen LogP contribution in [0.1, 0.15) is 47.7 Å². The van der Waals surface area contributed by atoms with Crippen LogP contribution in [0.25, 0.3) is 0 Å². The van der Waals surface area contributed by atoms with E-state index in [1.54, 1.807) is 10.9 Å². The molecular formula is C16H16N4O2. The summed E-state index contributed by atoms with van der Waals surface area (Å²) in [6.45, 7) is 0.442. The minimum atomic E-state index is -0.678. The summed E-state index contributed by atoms with van der Waals surface area (Å²) >= 11 is 0. The van der Waals surface area contributed by atoms with Gasteiger partial charge in [0.15, 0.2) is 5.82 Å². The summed E-state index contributed by atoms with van der Waals surface area (Å²) in [6.07, 6.45) is 5.07. The molecule has 1 aromatic carbocycles. The third kappa shape index (κ3) is 2.65. The van der Waals surface area contributed by atoms with Crippen molar-refractivity contribution < 1.29 is 9.63 Å². The Balaban J connectivity index is 1.48. The number of hydrogen-bond acceptors (Lipinski definition) is 5.